The minimum atomic E-state index is 0.506. The first-order valence-corrected chi connectivity index (χ1v) is 5.07. The topological polar surface area (TPSA) is 23.8 Å². The van der Waals surface area contributed by atoms with Gasteiger partial charge in [0.05, 0.1) is 14.0 Å². The Morgan fingerprint density at radius 1 is 1.82 bits per heavy atom. The molecule has 1 aromatic rings. The van der Waals surface area contributed by atoms with Gasteiger partial charge in [-0.25, -0.2) is 0 Å². The van der Waals surface area contributed by atoms with Crippen molar-refractivity contribution >= 4 is 50.6 Å². The standard InChI is InChI=1S/C7H3ClINS/c8-6(1-2-10)5-3-7(9)11-4-5/h1,3-4H. The Morgan fingerprint density at radius 3 is 3.00 bits per heavy atom. The maximum atomic E-state index is 8.30. The first-order valence-electron chi connectivity index (χ1n) is 2.73. The number of nitriles is 1. The molecule has 0 fully saturated rings. The molecule has 1 nitrogen and oxygen atoms in total. The van der Waals surface area contributed by atoms with Gasteiger partial charge in [0.25, 0.3) is 0 Å². The van der Waals surface area contributed by atoms with Crippen molar-refractivity contribution in [2.75, 3.05) is 0 Å². The molecular weight excluding hydrogens is 293 g/mol. The second-order valence-corrected chi connectivity index (χ2v) is 4.97. The summed E-state index contributed by atoms with van der Waals surface area (Å²) < 4.78 is 1.17. The van der Waals surface area contributed by atoms with Crippen molar-refractivity contribution in [2.45, 2.75) is 0 Å². The number of thiophene rings is 1. The van der Waals surface area contributed by atoms with Crippen LogP contribution in [0.5, 0.6) is 0 Å². The molecule has 11 heavy (non-hydrogen) atoms. The SMILES string of the molecule is N#CC=C(Cl)c1csc(I)c1. The molecule has 56 valence electrons. The molecule has 0 aliphatic heterocycles. The summed E-state index contributed by atoms with van der Waals surface area (Å²) in [5, 5.41) is 10.7. The van der Waals surface area contributed by atoms with E-state index < -0.39 is 0 Å². The van der Waals surface area contributed by atoms with Gasteiger partial charge in [0.15, 0.2) is 0 Å². The molecule has 1 aromatic heterocycles. The minimum Gasteiger partial charge on any atom is -0.193 e. The van der Waals surface area contributed by atoms with Crippen LogP contribution in [-0.2, 0) is 0 Å². The van der Waals surface area contributed by atoms with Crippen LogP contribution in [0.1, 0.15) is 5.56 Å². The molecule has 1 heterocycles. The van der Waals surface area contributed by atoms with Crippen molar-refractivity contribution < 1.29 is 0 Å². The maximum Gasteiger partial charge on any atom is 0.0927 e. The van der Waals surface area contributed by atoms with E-state index in [1.165, 1.54) is 8.96 Å². The molecule has 4 heteroatoms. The van der Waals surface area contributed by atoms with Crippen molar-refractivity contribution in [2.24, 2.45) is 0 Å². The molecular formula is C7H3ClINS. The second-order valence-electron chi connectivity index (χ2n) is 1.76. The first kappa shape index (κ1) is 9.04. The van der Waals surface area contributed by atoms with Gasteiger partial charge >= 0.3 is 0 Å². The highest BCUT2D eigenvalue weighted by molar-refractivity contribution is 14.1. The molecule has 0 radical (unpaired) electrons. The van der Waals surface area contributed by atoms with Crippen LogP contribution in [0.4, 0.5) is 0 Å². The van der Waals surface area contributed by atoms with Crippen LogP contribution in [0.25, 0.3) is 5.03 Å². The van der Waals surface area contributed by atoms with E-state index in [1.54, 1.807) is 11.3 Å². The zero-order valence-corrected chi connectivity index (χ0v) is 9.07. The van der Waals surface area contributed by atoms with E-state index in [0.717, 1.165) is 5.56 Å². The number of hydrogen-bond acceptors (Lipinski definition) is 2. The Balaban J connectivity index is 2.95. The van der Waals surface area contributed by atoms with Crippen molar-refractivity contribution in [3.8, 4) is 6.07 Å². The number of hydrogen-bond donors (Lipinski definition) is 0. The van der Waals surface area contributed by atoms with Crippen LogP contribution >= 0.6 is 45.5 Å². The van der Waals surface area contributed by atoms with E-state index in [2.05, 4.69) is 22.6 Å². The molecule has 0 aliphatic rings. The van der Waals surface area contributed by atoms with E-state index in [1.807, 2.05) is 17.5 Å². The van der Waals surface area contributed by atoms with Crippen molar-refractivity contribution in [1.29, 1.82) is 5.26 Å². The average molecular weight is 296 g/mol. The summed E-state index contributed by atoms with van der Waals surface area (Å²) >= 11 is 9.58. The fraction of sp³-hybridized carbons (Fsp3) is 0. The molecule has 0 aliphatic carbocycles. The lowest BCUT2D eigenvalue weighted by Gasteiger charge is -1.86. The minimum absolute atomic E-state index is 0.506. The first-order chi connectivity index (χ1) is 5.24. The predicted molar refractivity (Wildman–Crippen MR) is 56.5 cm³/mol. The number of allylic oxidation sites excluding steroid dienone is 1. The quantitative estimate of drug-likeness (QED) is 0.575. The Labute approximate surface area is 87.4 Å². The summed E-state index contributed by atoms with van der Waals surface area (Å²) in [6.07, 6.45) is 1.33. The molecule has 0 saturated carbocycles. The zero-order valence-electron chi connectivity index (χ0n) is 5.34. The fourth-order valence-electron chi connectivity index (χ4n) is 0.575. The maximum absolute atomic E-state index is 8.30. The smallest absolute Gasteiger partial charge is 0.0927 e. The normalized spacial score (nSPS) is 11.2. The average Bonchev–Trinajstić information content (AvgIpc) is 2.36. The molecule has 0 saturated heterocycles. The third-order valence-corrected chi connectivity index (χ3v) is 3.15. The lowest BCUT2D eigenvalue weighted by molar-refractivity contribution is 1.54. The van der Waals surface area contributed by atoms with Gasteiger partial charge in [-0.05, 0) is 28.7 Å². The summed E-state index contributed by atoms with van der Waals surface area (Å²) in [4.78, 5) is 0. The number of nitrogens with zero attached hydrogens (tertiary/aromatic N) is 1. The van der Waals surface area contributed by atoms with Gasteiger partial charge in [-0.2, -0.15) is 5.26 Å². The lowest BCUT2D eigenvalue weighted by atomic mass is 10.3. The molecule has 0 bridgehead atoms. The van der Waals surface area contributed by atoms with Crippen LogP contribution in [-0.4, -0.2) is 0 Å². The Kier molecular flexibility index (Phi) is 3.37. The van der Waals surface area contributed by atoms with Gasteiger partial charge in [0, 0.05) is 17.0 Å². The molecule has 0 amide bonds. The Bertz CT molecular complexity index is 323. The van der Waals surface area contributed by atoms with E-state index in [4.69, 9.17) is 16.9 Å². The van der Waals surface area contributed by atoms with Crippen LogP contribution < -0.4 is 0 Å². The van der Waals surface area contributed by atoms with Gasteiger partial charge in [-0.15, -0.1) is 11.3 Å². The highest BCUT2D eigenvalue weighted by Gasteiger charge is 1.99. The number of halogens is 2. The highest BCUT2D eigenvalue weighted by atomic mass is 127. The van der Waals surface area contributed by atoms with E-state index in [-0.39, 0.29) is 0 Å². The Morgan fingerprint density at radius 2 is 2.55 bits per heavy atom. The van der Waals surface area contributed by atoms with Crippen LogP contribution in [0.2, 0.25) is 0 Å². The fourth-order valence-corrected chi connectivity index (χ4v) is 2.14. The molecule has 0 spiro atoms. The van der Waals surface area contributed by atoms with Gasteiger partial charge in [-0.3, -0.25) is 0 Å². The van der Waals surface area contributed by atoms with Crippen LogP contribution in [0.3, 0.4) is 0 Å². The van der Waals surface area contributed by atoms with Gasteiger partial charge < -0.3 is 0 Å². The van der Waals surface area contributed by atoms with E-state index >= 15 is 0 Å². The molecule has 0 aromatic carbocycles. The van der Waals surface area contributed by atoms with Crippen molar-refractivity contribution in [1.82, 2.24) is 0 Å². The summed E-state index contributed by atoms with van der Waals surface area (Å²) in [6, 6.07) is 3.83. The molecule has 0 atom stereocenters. The van der Waals surface area contributed by atoms with Gasteiger partial charge in [-0.1, -0.05) is 11.6 Å². The van der Waals surface area contributed by atoms with E-state index in [0.29, 0.717) is 5.03 Å². The third kappa shape index (κ3) is 2.47. The largest absolute Gasteiger partial charge is 0.193 e. The summed E-state index contributed by atoms with van der Waals surface area (Å²) in [5.41, 5.74) is 0.919. The molecule has 0 unspecified atom stereocenters. The molecule has 1 rings (SSSR count). The predicted octanol–water partition coefficient (Wildman–Crippen LogP) is 3.46. The monoisotopic (exact) mass is 295 g/mol. The second kappa shape index (κ2) is 4.10. The van der Waals surface area contributed by atoms with Gasteiger partial charge in [0.1, 0.15) is 0 Å². The third-order valence-electron chi connectivity index (χ3n) is 1.03. The highest BCUT2D eigenvalue weighted by Crippen LogP contribution is 2.25. The lowest BCUT2D eigenvalue weighted by Crippen LogP contribution is -1.67. The zero-order chi connectivity index (χ0) is 8.27. The molecule has 0 N–H and O–H groups in total. The van der Waals surface area contributed by atoms with Gasteiger partial charge in [0.2, 0.25) is 0 Å². The summed E-state index contributed by atoms with van der Waals surface area (Å²) in [5.74, 6) is 0. The number of rotatable bonds is 1. The summed E-state index contributed by atoms with van der Waals surface area (Å²) in [6.45, 7) is 0. The van der Waals surface area contributed by atoms with Crippen LogP contribution in [0.15, 0.2) is 17.5 Å². The van der Waals surface area contributed by atoms with Crippen molar-refractivity contribution in [3.05, 3.63) is 26.0 Å². The van der Waals surface area contributed by atoms with Crippen LogP contribution in [0, 0.1) is 14.2 Å². The van der Waals surface area contributed by atoms with E-state index in [9.17, 15) is 0 Å². The van der Waals surface area contributed by atoms with Crippen molar-refractivity contribution in [3.63, 3.8) is 0 Å². The Hall–Kier alpha value is -0.0500. The summed E-state index contributed by atoms with van der Waals surface area (Å²) in [7, 11) is 0.